The quantitative estimate of drug-likeness (QED) is 0.833. The van der Waals surface area contributed by atoms with Gasteiger partial charge in [0, 0.05) is 5.92 Å². The third kappa shape index (κ3) is 2.99. The van der Waals surface area contributed by atoms with Gasteiger partial charge in [-0.25, -0.2) is 0 Å². The van der Waals surface area contributed by atoms with Gasteiger partial charge in [-0.3, -0.25) is 0 Å². The summed E-state index contributed by atoms with van der Waals surface area (Å²) in [5.41, 5.74) is 3.68. The number of aliphatic hydroxyl groups excluding tert-OH is 1. The van der Waals surface area contributed by atoms with E-state index in [4.69, 9.17) is 5.11 Å². The second-order valence-electron chi connectivity index (χ2n) is 4.65. The normalized spacial score (nSPS) is 12.3. The van der Waals surface area contributed by atoms with Crippen LogP contribution in [0.25, 0.3) is 0 Å². The van der Waals surface area contributed by atoms with Gasteiger partial charge in [-0.05, 0) is 23.1 Å². The third-order valence-electron chi connectivity index (χ3n) is 3.34. The molecular formula is C17H20O. The minimum Gasteiger partial charge on any atom is -0.392 e. The first-order valence-corrected chi connectivity index (χ1v) is 6.59. The molecule has 1 heteroatoms. The Balaban J connectivity index is 2.29. The van der Waals surface area contributed by atoms with Gasteiger partial charge < -0.3 is 5.11 Å². The molecule has 0 radical (unpaired) electrons. The Morgan fingerprint density at radius 3 is 2.06 bits per heavy atom. The van der Waals surface area contributed by atoms with Crippen LogP contribution in [0.2, 0.25) is 0 Å². The van der Waals surface area contributed by atoms with Crippen molar-refractivity contribution in [3.8, 4) is 0 Å². The largest absolute Gasteiger partial charge is 0.392 e. The van der Waals surface area contributed by atoms with Crippen molar-refractivity contribution >= 4 is 0 Å². The summed E-state index contributed by atoms with van der Waals surface area (Å²) < 4.78 is 0. The zero-order valence-electron chi connectivity index (χ0n) is 10.8. The molecule has 1 atom stereocenters. The first-order chi connectivity index (χ1) is 8.85. The summed E-state index contributed by atoms with van der Waals surface area (Å²) >= 11 is 0. The molecule has 0 aromatic heterocycles. The first-order valence-electron chi connectivity index (χ1n) is 6.59. The van der Waals surface area contributed by atoms with Crippen molar-refractivity contribution in [2.75, 3.05) is 0 Å². The van der Waals surface area contributed by atoms with Crippen LogP contribution in [0.3, 0.4) is 0 Å². The van der Waals surface area contributed by atoms with Gasteiger partial charge >= 0.3 is 0 Å². The van der Waals surface area contributed by atoms with Crippen LogP contribution in [0.4, 0.5) is 0 Å². The van der Waals surface area contributed by atoms with E-state index < -0.39 is 0 Å². The Morgan fingerprint density at radius 2 is 1.50 bits per heavy atom. The first kappa shape index (κ1) is 12.8. The van der Waals surface area contributed by atoms with E-state index in [0.29, 0.717) is 5.92 Å². The van der Waals surface area contributed by atoms with E-state index in [2.05, 4.69) is 49.4 Å². The van der Waals surface area contributed by atoms with Gasteiger partial charge in [0.1, 0.15) is 0 Å². The summed E-state index contributed by atoms with van der Waals surface area (Å²) in [6.07, 6.45) is 2.32. The predicted molar refractivity (Wildman–Crippen MR) is 75.6 cm³/mol. The maximum Gasteiger partial charge on any atom is 0.0681 e. The van der Waals surface area contributed by atoms with E-state index in [-0.39, 0.29) is 6.61 Å². The minimum atomic E-state index is 0.115. The summed E-state index contributed by atoms with van der Waals surface area (Å²) in [6, 6.07) is 18.9. The van der Waals surface area contributed by atoms with Gasteiger partial charge in [-0.1, -0.05) is 67.9 Å². The highest BCUT2D eigenvalue weighted by Crippen LogP contribution is 2.29. The Hall–Kier alpha value is -1.60. The number of hydrogen-bond acceptors (Lipinski definition) is 1. The highest BCUT2D eigenvalue weighted by molar-refractivity contribution is 5.33. The zero-order chi connectivity index (χ0) is 12.8. The van der Waals surface area contributed by atoms with Crippen molar-refractivity contribution in [3.63, 3.8) is 0 Å². The molecule has 1 N–H and O–H groups in total. The van der Waals surface area contributed by atoms with E-state index in [1.807, 2.05) is 12.1 Å². The van der Waals surface area contributed by atoms with E-state index in [1.165, 1.54) is 17.5 Å². The van der Waals surface area contributed by atoms with E-state index in [9.17, 15) is 0 Å². The smallest absolute Gasteiger partial charge is 0.0681 e. The Kier molecular flexibility index (Phi) is 4.54. The van der Waals surface area contributed by atoms with Crippen molar-refractivity contribution in [3.05, 3.63) is 71.3 Å². The fraction of sp³-hybridized carbons (Fsp3) is 0.294. The fourth-order valence-electron chi connectivity index (χ4n) is 2.36. The summed E-state index contributed by atoms with van der Waals surface area (Å²) in [6.45, 7) is 2.34. The monoisotopic (exact) mass is 240 g/mol. The molecular weight excluding hydrogens is 220 g/mol. The summed E-state index contributed by atoms with van der Waals surface area (Å²) in [5, 5.41) is 9.09. The average molecular weight is 240 g/mol. The Labute approximate surface area is 109 Å². The standard InChI is InChI=1S/C17H20O/c1-2-6-17(15-7-4-3-5-8-15)16-11-9-14(13-18)10-12-16/h3-5,7-12,17-18H,2,6,13H2,1H3. The van der Waals surface area contributed by atoms with Crippen LogP contribution in [-0.4, -0.2) is 5.11 Å². The van der Waals surface area contributed by atoms with Crippen molar-refractivity contribution < 1.29 is 5.11 Å². The topological polar surface area (TPSA) is 20.2 Å². The van der Waals surface area contributed by atoms with Crippen LogP contribution in [0.5, 0.6) is 0 Å². The SMILES string of the molecule is CCCC(c1ccccc1)c1ccc(CO)cc1. The minimum absolute atomic E-state index is 0.115. The van der Waals surface area contributed by atoms with Crippen molar-refractivity contribution in [2.45, 2.75) is 32.3 Å². The lowest BCUT2D eigenvalue weighted by Gasteiger charge is -2.17. The van der Waals surface area contributed by atoms with E-state index in [1.54, 1.807) is 0 Å². The summed E-state index contributed by atoms with van der Waals surface area (Å²) in [4.78, 5) is 0. The number of rotatable bonds is 5. The number of benzene rings is 2. The molecule has 0 aliphatic rings. The molecule has 18 heavy (non-hydrogen) atoms. The Morgan fingerprint density at radius 1 is 0.889 bits per heavy atom. The van der Waals surface area contributed by atoms with Crippen molar-refractivity contribution in [1.29, 1.82) is 0 Å². The van der Waals surface area contributed by atoms with Crippen LogP contribution in [0.1, 0.15) is 42.4 Å². The highest BCUT2D eigenvalue weighted by atomic mass is 16.3. The predicted octanol–water partition coefficient (Wildman–Crippen LogP) is 4.11. The number of aliphatic hydroxyl groups is 1. The lowest BCUT2D eigenvalue weighted by Crippen LogP contribution is -2.01. The van der Waals surface area contributed by atoms with Gasteiger partial charge in [-0.2, -0.15) is 0 Å². The molecule has 0 fully saturated rings. The molecule has 1 unspecified atom stereocenters. The van der Waals surface area contributed by atoms with Gasteiger partial charge in [0.05, 0.1) is 6.61 Å². The molecule has 0 saturated carbocycles. The van der Waals surface area contributed by atoms with Crippen molar-refractivity contribution in [1.82, 2.24) is 0 Å². The lowest BCUT2D eigenvalue weighted by atomic mass is 9.87. The van der Waals surface area contributed by atoms with Crippen molar-refractivity contribution in [2.24, 2.45) is 0 Å². The van der Waals surface area contributed by atoms with Gasteiger partial charge in [0.15, 0.2) is 0 Å². The van der Waals surface area contributed by atoms with Gasteiger partial charge in [0.2, 0.25) is 0 Å². The van der Waals surface area contributed by atoms with E-state index in [0.717, 1.165) is 12.0 Å². The zero-order valence-corrected chi connectivity index (χ0v) is 10.8. The molecule has 0 aliphatic carbocycles. The van der Waals surface area contributed by atoms with Crippen LogP contribution in [-0.2, 0) is 6.61 Å². The summed E-state index contributed by atoms with van der Waals surface area (Å²) in [7, 11) is 0. The third-order valence-corrected chi connectivity index (χ3v) is 3.34. The maximum absolute atomic E-state index is 9.09. The second kappa shape index (κ2) is 6.36. The Bertz CT molecular complexity index is 459. The van der Waals surface area contributed by atoms with Crippen LogP contribution in [0.15, 0.2) is 54.6 Å². The fourth-order valence-corrected chi connectivity index (χ4v) is 2.36. The number of hydrogen-bond donors (Lipinski definition) is 1. The molecule has 94 valence electrons. The molecule has 2 aromatic rings. The second-order valence-corrected chi connectivity index (χ2v) is 4.65. The molecule has 0 aliphatic heterocycles. The van der Waals surface area contributed by atoms with Crippen LogP contribution in [0, 0.1) is 0 Å². The molecule has 0 amide bonds. The molecule has 0 bridgehead atoms. The van der Waals surface area contributed by atoms with Crippen LogP contribution < -0.4 is 0 Å². The van der Waals surface area contributed by atoms with Gasteiger partial charge in [-0.15, -0.1) is 0 Å². The molecule has 1 nitrogen and oxygen atoms in total. The molecule has 0 spiro atoms. The highest BCUT2D eigenvalue weighted by Gasteiger charge is 2.12. The molecule has 2 rings (SSSR count). The maximum atomic E-state index is 9.09. The van der Waals surface area contributed by atoms with E-state index >= 15 is 0 Å². The lowest BCUT2D eigenvalue weighted by molar-refractivity contribution is 0.282. The molecule has 0 saturated heterocycles. The van der Waals surface area contributed by atoms with Crippen LogP contribution >= 0.6 is 0 Å². The molecule has 2 aromatic carbocycles. The molecule has 0 heterocycles. The summed E-state index contributed by atoms with van der Waals surface area (Å²) in [5.74, 6) is 0.462. The van der Waals surface area contributed by atoms with Gasteiger partial charge in [0.25, 0.3) is 0 Å². The average Bonchev–Trinajstić information content (AvgIpc) is 2.46.